The van der Waals surface area contributed by atoms with Crippen LogP contribution in [0, 0.1) is 17.8 Å². The Kier molecular flexibility index (Phi) is 11.0. The van der Waals surface area contributed by atoms with Crippen LogP contribution in [-0.2, 0) is 25.7 Å². The molecule has 4 fully saturated rings. The lowest BCUT2D eigenvalue weighted by molar-refractivity contribution is -0.149. The highest BCUT2D eigenvalue weighted by Crippen LogP contribution is 2.72. The van der Waals surface area contributed by atoms with Gasteiger partial charge in [0, 0.05) is 50.6 Å². The van der Waals surface area contributed by atoms with Crippen LogP contribution in [0.5, 0.6) is 0 Å². The fourth-order valence-corrected chi connectivity index (χ4v) is 10.6. The number of benzene rings is 1. The molecule has 1 N–H and O–H groups in total. The highest BCUT2D eigenvalue weighted by atomic mass is 32.2. The van der Waals surface area contributed by atoms with Gasteiger partial charge in [-0.25, -0.2) is 0 Å². The van der Waals surface area contributed by atoms with Crippen molar-refractivity contribution >= 4 is 29.5 Å². The van der Waals surface area contributed by atoms with Crippen LogP contribution in [0.4, 0.5) is 0 Å². The van der Waals surface area contributed by atoms with Gasteiger partial charge in [-0.3, -0.25) is 19.3 Å². The summed E-state index contributed by atoms with van der Waals surface area (Å²) in [5, 5.41) is 10.8. The minimum absolute atomic E-state index is 0.0250. The first kappa shape index (κ1) is 34.7. The molecule has 5 rings (SSSR count). The highest BCUT2D eigenvalue weighted by molar-refractivity contribution is 8.02. The Morgan fingerprint density at radius 3 is 2.41 bits per heavy atom. The lowest BCUT2D eigenvalue weighted by atomic mass is 9.66. The van der Waals surface area contributed by atoms with E-state index in [2.05, 4.69) is 25.0 Å². The summed E-state index contributed by atoms with van der Waals surface area (Å²) in [5.41, 5.74) is 1.01. The third-order valence-electron chi connectivity index (χ3n) is 10.9. The number of nitrogens with zero attached hydrogens (tertiary/aromatic N) is 4. The number of morpholine rings is 1. The van der Waals surface area contributed by atoms with Gasteiger partial charge in [0.25, 0.3) is 0 Å². The van der Waals surface area contributed by atoms with Crippen molar-refractivity contribution in [2.45, 2.75) is 68.2 Å². The van der Waals surface area contributed by atoms with Crippen LogP contribution < -0.4 is 0 Å². The summed E-state index contributed by atoms with van der Waals surface area (Å²) in [6, 6.07) is 8.59. The Labute approximate surface area is 279 Å². The van der Waals surface area contributed by atoms with Crippen LogP contribution in [0.3, 0.4) is 0 Å². The normalized spacial score (nSPS) is 30.1. The lowest BCUT2D eigenvalue weighted by Gasteiger charge is -2.41. The molecule has 3 amide bonds. The van der Waals surface area contributed by atoms with E-state index in [1.165, 1.54) is 0 Å². The summed E-state index contributed by atoms with van der Waals surface area (Å²) in [6.45, 7) is 19.2. The van der Waals surface area contributed by atoms with E-state index in [0.717, 1.165) is 31.5 Å². The van der Waals surface area contributed by atoms with Gasteiger partial charge >= 0.3 is 0 Å². The molecule has 4 saturated heterocycles. The molecule has 10 heteroatoms. The van der Waals surface area contributed by atoms with Gasteiger partial charge in [0.15, 0.2) is 0 Å². The summed E-state index contributed by atoms with van der Waals surface area (Å²) >= 11 is 1.69. The number of hydrogen-bond donors (Lipinski definition) is 1. The van der Waals surface area contributed by atoms with E-state index in [0.29, 0.717) is 52.4 Å². The predicted octanol–water partition coefficient (Wildman–Crippen LogP) is 3.44. The van der Waals surface area contributed by atoms with Gasteiger partial charge in [-0.05, 0) is 31.2 Å². The van der Waals surface area contributed by atoms with Crippen molar-refractivity contribution in [3.05, 3.63) is 61.2 Å². The SMILES string of the molecule is C=CCN(CCN1CCOCC1)C(=O)C1N([C@@H](CO)[C@@H](C)CC)C(=O)[C@@H]2[C@H](C(=O)N(CC=C)Cc3ccccc3)[C@]3(C)CCC12S3. The fraction of sp³-hybridized carbons (Fsp3) is 0.639. The van der Waals surface area contributed by atoms with Gasteiger partial charge in [0.2, 0.25) is 17.7 Å². The first-order valence-electron chi connectivity index (χ1n) is 16.9. The zero-order chi connectivity index (χ0) is 33.1. The maximum Gasteiger partial charge on any atom is 0.247 e. The molecule has 1 aromatic rings. The van der Waals surface area contributed by atoms with Gasteiger partial charge in [-0.2, -0.15) is 0 Å². The Morgan fingerprint density at radius 1 is 1.11 bits per heavy atom. The van der Waals surface area contributed by atoms with E-state index in [-0.39, 0.29) is 30.2 Å². The minimum Gasteiger partial charge on any atom is -0.394 e. The predicted molar refractivity (Wildman–Crippen MR) is 182 cm³/mol. The number of aliphatic hydroxyl groups excluding tert-OH is 1. The summed E-state index contributed by atoms with van der Waals surface area (Å²) in [7, 11) is 0. The number of carbonyl (C=O) groups is 3. The average molecular weight is 653 g/mol. The van der Waals surface area contributed by atoms with E-state index >= 15 is 0 Å². The summed E-state index contributed by atoms with van der Waals surface area (Å²) in [5.74, 6) is -1.60. The summed E-state index contributed by atoms with van der Waals surface area (Å²) in [6.07, 6.45) is 5.64. The number of thioether (sulfide) groups is 1. The number of carbonyl (C=O) groups excluding carboxylic acids is 3. The molecular formula is C36H52N4O5S. The molecule has 4 aliphatic rings. The van der Waals surface area contributed by atoms with Crippen molar-refractivity contribution in [2.75, 3.05) is 59.1 Å². The molecule has 0 saturated carbocycles. The van der Waals surface area contributed by atoms with Crippen molar-refractivity contribution in [3.63, 3.8) is 0 Å². The number of amides is 3. The van der Waals surface area contributed by atoms with Gasteiger partial charge in [0.1, 0.15) is 6.04 Å². The first-order chi connectivity index (χ1) is 22.2. The molecule has 0 radical (unpaired) electrons. The lowest BCUT2D eigenvalue weighted by Crippen LogP contribution is -2.59. The smallest absolute Gasteiger partial charge is 0.247 e. The maximum atomic E-state index is 14.9. The molecule has 46 heavy (non-hydrogen) atoms. The quantitative estimate of drug-likeness (QED) is 0.290. The summed E-state index contributed by atoms with van der Waals surface area (Å²) in [4.78, 5) is 52.1. The fourth-order valence-electron chi connectivity index (χ4n) is 8.29. The average Bonchev–Trinajstić information content (AvgIpc) is 3.64. The molecule has 0 aromatic heterocycles. The molecule has 2 bridgehead atoms. The van der Waals surface area contributed by atoms with Crippen LogP contribution >= 0.6 is 11.8 Å². The molecule has 4 heterocycles. The molecule has 0 aliphatic carbocycles. The van der Waals surface area contributed by atoms with Gasteiger partial charge in [0.05, 0.1) is 42.4 Å². The van der Waals surface area contributed by atoms with Crippen LogP contribution in [-0.4, -0.2) is 123 Å². The second kappa shape index (κ2) is 14.6. The van der Waals surface area contributed by atoms with Crippen LogP contribution in [0.1, 0.15) is 45.6 Å². The van der Waals surface area contributed by atoms with Gasteiger partial charge < -0.3 is 24.5 Å². The van der Waals surface area contributed by atoms with E-state index < -0.39 is 33.4 Å². The monoisotopic (exact) mass is 652 g/mol. The standard InChI is InChI=1S/C36H52N4O5S/c1-6-16-38(19-18-37-20-22-45-23-21-37)34(44)31-36-15-14-35(5,46-36)29(30(36)33(43)40(31)28(25-41)26(4)8-3)32(42)39(17-7-2)24-27-12-10-9-11-13-27/h6-7,9-13,26,28-31,41H,1-2,8,14-25H2,3-5H3/t26-,28-,29+,30-,31?,35-,36?/m0/s1. The molecule has 9 nitrogen and oxygen atoms in total. The molecule has 1 spiro atoms. The third-order valence-corrected chi connectivity index (χ3v) is 12.9. The Hall–Kier alpha value is -2.66. The van der Waals surface area contributed by atoms with E-state index in [4.69, 9.17) is 4.74 Å². The van der Waals surface area contributed by atoms with Crippen molar-refractivity contribution in [2.24, 2.45) is 17.8 Å². The number of rotatable bonds is 15. The minimum atomic E-state index is -0.771. The molecule has 1 aromatic carbocycles. The molecule has 4 aliphatic heterocycles. The van der Waals surface area contributed by atoms with Gasteiger partial charge in [-0.1, -0.05) is 62.8 Å². The maximum absolute atomic E-state index is 14.9. The number of fused-ring (bicyclic) bond motifs is 1. The molecule has 252 valence electrons. The first-order valence-corrected chi connectivity index (χ1v) is 17.7. The highest BCUT2D eigenvalue weighted by Gasteiger charge is 2.78. The topological polar surface area (TPSA) is 93.6 Å². The number of aliphatic hydroxyl groups is 1. The zero-order valence-corrected chi connectivity index (χ0v) is 28.6. The van der Waals surface area contributed by atoms with Crippen molar-refractivity contribution in [1.29, 1.82) is 0 Å². The van der Waals surface area contributed by atoms with Crippen LogP contribution in [0.15, 0.2) is 55.6 Å². The largest absolute Gasteiger partial charge is 0.394 e. The van der Waals surface area contributed by atoms with E-state index in [9.17, 15) is 19.5 Å². The molecule has 2 unspecified atom stereocenters. The molecule has 7 atom stereocenters. The van der Waals surface area contributed by atoms with Crippen LogP contribution in [0.25, 0.3) is 0 Å². The summed E-state index contributed by atoms with van der Waals surface area (Å²) < 4.78 is 4.28. The number of hydrogen-bond acceptors (Lipinski definition) is 7. The Balaban J connectivity index is 1.53. The Bertz CT molecular complexity index is 1270. The zero-order valence-electron chi connectivity index (χ0n) is 27.8. The van der Waals surface area contributed by atoms with Crippen molar-refractivity contribution in [1.82, 2.24) is 19.6 Å². The second-order valence-electron chi connectivity index (χ2n) is 13.6. The number of ether oxygens (including phenoxy) is 1. The van der Waals surface area contributed by atoms with Gasteiger partial charge in [-0.15, -0.1) is 24.9 Å². The van der Waals surface area contributed by atoms with E-state index in [1.807, 2.05) is 54.0 Å². The number of likely N-dealkylation sites (tertiary alicyclic amines) is 1. The van der Waals surface area contributed by atoms with E-state index in [1.54, 1.807) is 28.8 Å². The Morgan fingerprint density at radius 2 is 1.78 bits per heavy atom. The second-order valence-corrected chi connectivity index (χ2v) is 15.5. The third kappa shape index (κ3) is 6.30. The van der Waals surface area contributed by atoms with Crippen molar-refractivity contribution in [3.8, 4) is 0 Å². The molecular weight excluding hydrogens is 600 g/mol. The van der Waals surface area contributed by atoms with Crippen molar-refractivity contribution < 1.29 is 24.2 Å². The van der Waals surface area contributed by atoms with Crippen LogP contribution in [0.2, 0.25) is 0 Å².